The van der Waals surface area contributed by atoms with E-state index in [0.717, 1.165) is 19.3 Å². The standard InChI is InChI=1S/C26H52NO7P/c1-2-3-4-5-6-7-8-9-10-11-12-13-14-15-17-20-24(28)21-18-16-19-22-33-35(31,32)34-23-25(27)26(29)30/h25H,2-23,27H2,1H3,(H,29,30)(H,31,32)/t25-/m0/s1. The quantitative estimate of drug-likeness (QED) is 0.0782. The van der Waals surface area contributed by atoms with Gasteiger partial charge in [0.15, 0.2) is 0 Å². The number of aliphatic carboxylic acids is 1. The second kappa shape index (κ2) is 23.6. The summed E-state index contributed by atoms with van der Waals surface area (Å²) in [5.74, 6) is -1.04. The number of carbonyl (C=O) groups excluding carboxylic acids is 1. The van der Waals surface area contributed by atoms with E-state index in [4.69, 9.17) is 15.4 Å². The van der Waals surface area contributed by atoms with Crippen molar-refractivity contribution in [3.63, 3.8) is 0 Å². The Balaban J connectivity index is 3.39. The summed E-state index contributed by atoms with van der Waals surface area (Å²) in [4.78, 5) is 32.0. The first-order chi connectivity index (χ1) is 16.8. The number of carboxylic acids is 1. The van der Waals surface area contributed by atoms with Crippen LogP contribution in [0.15, 0.2) is 0 Å². The fourth-order valence-electron chi connectivity index (χ4n) is 3.88. The van der Waals surface area contributed by atoms with Gasteiger partial charge in [0.2, 0.25) is 0 Å². The molecule has 0 rings (SSSR count). The van der Waals surface area contributed by atoms with Crippen LogP contribution in [0.4, 0.5) is 0 Å². The predicted octanol–water partition coefficient (Wildman–Crippen LogP) is 6.92. The van der Waals surface area contributed by atoms with Crippen LogP contribution in [-0.2, 0) is 23.2 Å². The molecule has 0 aliphatic carbocycles. The summed E-state index contributed by atoms with van der Waals surface area (Å²) in [6, 6.07) is -1.38. The minimum Gasteiger partial charge on any atom is -0.480 e. The smallest absolute Gasteiger partial charge is 0.472 e. The van der Waals surface area contributed by atoms with Crippen molar-refractivity contribution in [2.45, 2.75) is 141 Å². The molecule has 0 saturated carbocycles. The van der Waals surface area contributed by atoms with Crippen LogP contribution in [0.5, 0.6) is 0 Å². The maximum atomic E-state index is 12.0. The average molecular weight is 522 g/mol. The van der Waals surface area contributed by atoms with Crippen molar-refractivity contribution in [3.8, 4) is 0 Å². The van der Waals surface area contributed by atoms with Gasteiger partial charge in [0.25, 0.3) is 0 Å². The number of ketones is 1. The normalized spacial score (nSPS) is 14.0. The van der Waals surface area contributed by atoms with Gasteiger partial charge in [-0.25, -0.2) is 4.57 Å². The van der Waals surface area contributed by atoms with Crippen LogP contribution < -0.4 is 5.73 Å². The largest absolute Gasteiger partial charge is 0.480 e. The van der Waals surface area contributed by atoms with Crippen molar-refractivity contribution in [1.82, 2.24) is 0 Å². The molecule has 0 spiro atoms. The summed E-state index contributed by atoms with van der Waals surface area (Å²) >= 11 is 0. The molecule has 0 aromatic rings. The monoisotopic (exact) mass is 521 g/mol. The average Bonchev–Trinajstić information content (AvgIpc) is 2.82. The molecule has 1 unspecified atom stereocenters. The Morgan fingerprint density at radius 1 is 0.714 bits per heavy atom. The number of carboxylic acid groups (broad SMARTS) is 1. The molecule has 0 amide bonds. The third kappa shape index (κ3) is 24.7. The third-order valence-electron chi connectivity index (χ3n) is 6.15. The number of phosphoric acid groups is 1. The van der Waals surface area contributed by atoms with Gasteiger partial charge in [-0.1, -0.05) is 103 Å². The molecule has 0 heterocycles. The molecule has 0 fully saturated rings. The number of carbonyl (C=O) groups is 2. The number of nitrogens with two attached hydrogens (primary N) is 1. The van der Waals surface area contributed by atoms with E-state index in [1.165, 1.54) is 83.5 Å². The lowest BCUT2D eigenvalue weighted by Gasteiger charge is -2.13. The van der Waals surface area contributed by atoms with Gasteiger partial charge in [0, 0.05) is 12.8 Å². The summed E-state index contributed by atoms with van der Waals surface area (Å²) in [6.45, 7) is 1.66. The van der Waals surface area contributed by atoms with Crippen LogP contribution in [0.1, 0.15) is 135 Å². The van der Waals surface area contributed by atoms with Crippen LogP contribution in [-0.4, -0.2) is 41.0 Å². The number of unbranched alkanes of at least 4 members (excludes halogenated alkanes) is 16. The third-order valence-corrected chi connectivity index (χ3v) is 7.13. The number of hydrogen-bond acceptors (Lipinski definition) is 6. The van der Waals surface area contributed by atoms with Gasteiger partial charge in [-0.3, -0.25) is 18.6 Å². The maximum Gasteiger partial charge on any atom is 0.472 e. The number of hydrogen-bond donors (Lipinski definition) is 3. The fraction of sp³-hybridized carbons (Fsp3) is 0.923. The fourth-order valence-corrected chi connectivity index (χ4v) is 4.67. The molecule has 0 aliphatic heterocycles. The Labute approximate surface area is 213 Å². The van der Waals surface area contributed by atoms with E-state index in [2.05, 4.69) is 11.4 Å². The highest BCUT2D eigenvalue weighted by Gasteiger charge is 2.24. The van der Waals surface area contributed by atoms with Gasteiger partial charge in [-0.2, -0.15) is 0 Å². The van der Waals surface area contributed by atoms with E-state index in [-0.39, 0.29) is 12.4 Å². The molecular formula is C26H52NO7P. The van der Waals surface area contributed by atoms with Gasteiger partial charge in [0.1, 0.15) is 11.8 Å². The molecular weight excluding hydrogens is 469 g/mol. The summed E-state index contributed by atoms with van der Waals surface area (Å²) in [7, 11) is -4.30. The zero-order chi connectivity index (χ0) is 26.2. The molecule has 0 bridgehead atoms. The lowest BCUT2D eigenvalue weighted by molar-refractivity contribution is -0.139. The zero-order valence-corrected chi connectivity index (χ0v) is 23.0. The van der Waals surface area contributed by atoms with E-state index < -0.39 is 26.4 Å². The second-order valence-corrected chi connectivity index (χ2v) is 11.0. The number of phosphoric ester groups is 1. The highest BCUT2D eigenvalue weighted by molar-refractivity contribution is 7.47. The van der Waals surface area contributed by atoms with E-state index in [0.29, 0.717) is 25.7 Å². The first-order valence-electron chi connectivity index (χ1n) is 13.9. The second-order valence-electron chi connectivity index (χ2n) is 9.59. The van der Waals surface area contributed by atoms with Crippen LogP contribution in [0.3, 0.4) is 0 Å². The molecule has 2 atom stereocenters. The summed E-state index contributed by atoms with van der Waals surface area (Å²) in [5.41, 5.74) is 5.20. The van der Waals surface area contributed by atoms with Crippen LogP contribution >= 0.6 is 7.82 Å². The molecule has 0 aromatic heterocycles. The first kappa shape index (κ1) is 34.2. The molecule has 9 heteroatoms. The van der Waals surface area contributed by atoms with Crippen LogP contribution in [0, 0.1) is 0 Å². The summed E-state index contributed by atoms with van der Waals surface area (Å²) < 4.78 is 20.9. The van der Waals surface area contributed by atoms with Gasteiger partial charge in [0.05, 0.1) is 13.2 Å². The van der Waals surface area contributed by atoms with Gasteiger partial charge < -0.3 is 15.7 Å². The van der Waals surface area contributed by atoms with Crippen molar-refractivity contribution in [2.24, 2.45) is 5.73 Å². The summed E-state index contributed by atoms with van der Waals surface area (Å²) in [6.07, 6.45) is 22.8. The van der Waals surface area contributed by atoms with E-state index in [9.17, 15) is 19.0 Å². The van der Waals surface area contributed by atoms with Gasteiger partial charge in [-0.15, -0.1) is 0 Å². The Kier molecular flexibility index (Phi) is 23.1. The number of Topliss-reactive ketones (excluding diaryl/α,β-unsaturated/α-hetero) is 1. The van der Waals surface area contributed by atoms with Gasteiger partial charge in [-0.05, 0) is 19.3 Å². The highest BCUT2D eigenvalue weighted by atomic mass is 31.2. The van der Waals surface area contributed by atoms with Crippen molar-refractivity contribution in [3.05, 3.63) is 0 Å². The molecule has 0 aromatic carbocycles. The van der Waals surface area contributed by atoms with E-state index >= 15 is 0 Å². The molecule has 0 aliphatic rings. The molecule has 8 nitrogen and oxygen atoms in total. The highest BCUT2D eigenvalue weighted by Crippen LogP contribution is 2.43. The summed E-state index contributed by atoms with van der Waals surface area (Å²) in [5, 5.41) is 8.62. The van der Waals surface area contributed by atoms with Crippen molar-refractivity contribution >= 4 is 19.6 Å². The Bertz CT molecular complexity index is 574. The van der Waals surface area contributed by atoms with E-state index in [1.54, 1.807) is 0 Å². The Morgan fingerprint density at radius 3 is 1.54 bits per heavy atom. The topological polar surface area (TPSA) is 136 Å². The Morgan fingerprint density at radius 2 is 1.11 bits per heavy atom. The number of rotatable bonds is 27. The maximum absolute atomic E-state index is 12.0. The molecule has 4 N–H and O–H groups in total. The molecule has 208 valence electrons. The molecule has 35 heavy (non-hydrogen) atoms. The van der Waals surface area contributed by atoms with Crippen LogP contribution in [0.2, 0.25) is 0 Å². The minimum atomic E-state index is -4.30. The van der Waals surface area contributed by atoms with Gasteiger partial charge >= 0.3 is 13.8 Å². The molecule has 0 radical (unpaired) electrons. The SMILES string of the molecule is CCCCCCCCCCCCCCCCCC(=O)CCCCCOP(=O)(O)OC[C@H](N)C(=O)O. The predicted molar refractivity (Wildman–Crippen MR) is 140 cm³/mol. The minimum absolute atomic E-state index is 0.00330. The molecule has 0 saturated heterocycles. The van der Waals surface area contributed by atoms with Crippen LogP contribution in [0.25, 0.3) is 0 Å². The lowest BCUT2D eigenvalue weighted by Crippen LogP contribution is -2.34. The van der Waals surface area contributed by atoms with Crippen molar-refractivity contribution in [1.29, 1.82) is 0 Å². The zero-order valence-electron chi connectivity index (χ0n) is 22.1. The van der Waals surface area contributed by atoms with E-state index in [1.807, 2.05) is 0 Å². The lowest BCUT2D eigenvalue weighted by atomic mass is 10.0. The first-order valence-corrected chi connectivity index (χ1v) is 15.4. The van der Waals surface area contributed by atoms with Crippen molar-refractivity contribution < 1.29 is 33.2 Å². The Hall–Kier alpha value is -0.790. The van der Waals surface area contributed by atoms with Crippen molar-refractivity contribution in [2.75, 3.05) is 13.2 Å².